The molecule has 0 radical (unpaired) electrons. The molecule has 0 amide bonds. The van der Waals surface area contributed by atoms with E-state index in [1.54, 1.807) is 5.56 Å². The maximum Gasteiger partial charge on any atom is 0.252 e. The lowest BCUT2D eigenvalue weighted by Crippen LogP contribution is -2.64. The second-order valence-electron chi connectivity index (χ2n) is 24.6. The molecule has 7 aromatic rings. The summed E-state index contributed by atoms with van der Waals surface area (Å²) < 4.78 is 2.76. The number of benzene rings is 6. The molecule has 1 fully saturated rings. The smallest absolute Gasteiger partial charge is 0.252 e. The van der Waals surface area contributed by atoms with Gasteiger partial charge in [-0.2, -0.15) is 0 Å². The van der Waals surface area contributed by atoms with E-state index < -0.39 is 0 Å². The Morgan fingerprint density at radius 3 is 1.77 bits per heavy atom. The number of aromatic nitrogens is 1. The zero-order chi connectivity index (χ0) is 45.5. The van der Waals surface area contributed by atoms with E-state index in [1.165, 1.54) is 126 Å². The van der Waals surface area contributed by atoms with Gasteiger partial charge in [-0.15, -0.1) is 0 Å². The maximum atomic E-state index is 2.90. The van der Waals surface area contributed by atoms with Crippen LogP contribution in [0.4, 0.5) is 28.4 Å². The highest BCUT2D eigenvalue weighted by Crippen LogP contribution is 2.62. The first-order chi connectivity index (χ1) is 30.6. The van der Waals surface area contributed by atoms with Crippen molar-refractivity contribution in [3.63, 3.8) is 0 Å². The molecule has 3 aliphatic heterocycles. The summed E-state index contributed by atoms with van der Waals surface area (Å²) in [6.07, 6.45) is 4.90. The molecule has 12 rings (SSSR count). The molecule has 6 aromatic carbocycles. The third-order valence-corrected chi connectivity index (χ3v) is 17.4. The first-order valence-electron chi connectivity index (χ1n) is 24.6. The van der Waals surface area contributed by atoms with Crippen LogP contribution in [0.15, 0.2) is 115 Å². The fourth-order valence-corrected chi connectivity index (χ4v) is 13.5. The van der Waals surface area contributed by atoms with Gasteiger partial charge in [-0.25, -0.2) is 0 Å². The number of anilines is 5. The lowest BCUT2D eigenvalue weighted by Gasteiger charge is -2.52. The molecule has 4 heteroatoms. The van der Waals surface area contributed by atoms with Gasteiger partial charge in [0.1, 0.15) is 0 Å². The van der Waals surface area contributed by atoms with Gasteiger partial charge in [0.15, 0.2) is 0 Å². The predicted molar refractivity (Wildman–Crippen MR) is 279 cm³/mol. The Bertz CT molecular complexity index is 3100. The monoisotopic (exact) mass is 852 g/mol. The van der Waals surface area contributed by atoms with Crippen molar-refractivity contribution in [1.29, 1.82) is 0 Å². The van der Waals surface area contributed by atoms with E-state index in [4.69, 9.17) is 0 Å². The van der Waals surface area contributed by atoms with E-state index in [1.807, 2.05) is 0 Å². The molecule has 0 saturated heterocycles. The van der Waals surface area contributed by atoms with E-state index in [2.05, 4.69) is 220 Å². The highest BCUT2D eigenvalue weighted by atomic mass is 15.3. The van der Waals surface area contributed by atoms with Crippen LogP contribution in [0.25, 0.3) is 27.8 Å². The number of fused-ring (bicyclic) bond motifs is 12. The normalized spacial score (nSPS) is 20.9. The van der Waals surface area contributed by atoms with Crippen LogP contribution in [-0.4, -0.2) is 16.8 Å². The summed E-state index contributed by atoms with van der Waals surface area (Å²) in [4.78, 5) is 5.46. The average Bonchev–Trinajstić information content (AvgIpc) is 3.81. The van der Waals surface area contributed by atoms with Crippen molar-refractivity contribution in [2.24, 2.45) is 0 Å². The summed E-state index contributed by atoms with van der Waals surface area (Å²) in [5, 5.41) is 1.41. The third kappa shape index (κ3) is 5.32. The van der Waals surface area contributed by atoms with Gasteiger partial charge in [-0.05, 0) is 128 Å². The molecule has 4 heterocycles. The van der Waals surface area contributed by atoms with Crippen molar-refractivity contribution >= 4 is 62.4 Å². The zero-order valence-corrected chi connectivity index (χ0v) is 41.2. The molecule has 3 nitrogen and oxygen atoms in total. The molecule has 5 aliphatic rings. The fraction of sp³-hybridized carbons (Fsp3) is 0.377. The number of hydrogen-bond acceptors (Lipinski definition) is 2. The van der Waals surface area contributed by atoms with E-state index in [-0.39, 0.29) is 39.3 Å². The Hall–Kier alpha value is -5.48. The van der Waals surface area contributed by atoms with Crippen LogP contribution < -0.4 is 26.2 Å². The Kier molecular flexibility index (Phi) is 8.14. The van der Waals surface area contributed by atoms with Crippen LogP contribution in [0.5, 0.6) is 0 Å². The van der Waals surface area contributed by atoms with Crippen LogP contribution in [0.2, 0.25) is 0 Å². The molecule has 1 aromatic heterocycles. The van der Waals surface area contributed by atoms with E-state index in [0.29, 0.717) is 0 Å². The molecule has 2 unspecified atom stereocenters. The summed E-state index contributed by atoms with van der Waals surface area (Å²) in [7, 11) is 0. The van der Waals surface area contributed by atoms with E-state index >= 15 is 0 Å². The molecule has 0 bridgehead atoms. The van der Waals surface area contributed by atoms with Gasteiger partial charge >= 0.3 is 0 Å². The molecule has 2 aliphatic carbocycles. The van der Waals surface area contributed by atoms with Crippen molar-refractivity contribution < 1.29 is 0 Å². The zero-order valence-electron chi connectivity index (χ0n) is 41.2. The summed E-state index contributed by atoms with van der Waals surface area (Å²) in [5.41, 5.74) is 24.7. The summed E-state index contributed by atoms with van der Waals surface area (Å²) >= 11 is 0. The van der Waals surface area contributed by atoms with Crippen LogP contribution in [0, 0.1) is 0 Å². The highest BCUT2D eigenvalue weighted by Gasteiger charge is 2.61. The first-order valence-corrected chi connectivity index (χ1v) is 24.6. The Morgan fingerprint density at radius 2 is 1.14 bits per heavy atom. The average molecular weight is 852 g/mol. The van der Waals surface area contributed by atoms with Gasteiger partial charge in [0.25, 0.3) is 6.71 Å². The molecule has 2 atom stereocenters. The van der Waals surface area contributed by atoms with Gasteiger partial charge in [-0.3, -0.25) is 0 Å². The first kappa shape index (κ1) is 41.0. The van der Waals surface area contributed by atoms with Crippen molar-refractivity contribution in [2.45, 2.75) is 148 Å². The number of nitrogens with zero attached hydrogens (tertiary/aromatic N) is 3. The summed E-state index contributed by atoms with van der Waals surface area (Å²) in [6.45, 7) is 31.4. The topological polar surface area (TPSA) is 11.4 Å². The standard InChI is InChI=1S/C61H66BN3/c1-56(2,3)37-23-27-40(28-24-37)63(41-29-25-38(26-30-41)57(4,5)6)42-35-49-52-50(36-42)65-55-46(60(12)31-16-17-32-61(60,65)13)21-18-22-47(55)62(52)48-34-39(58(7,8)9)33-44-51-54(64(49)53(44)48)43-19-14-15-20-45(43)59(51,10)11/h14-15,18-30,33-36H,16-17,31-32H2,1-13H3. The Labute approximate surface area is 389 Å². The van der Waals surface area contributed by atoms with Crippen LogP contribution in [-0.2, 0) is 27.1 Å². The minimum Gasteiger partial charge on any atom is -0.335 e. The van der Waals surface area contributed by atoms with Gasteiger partial charge in [0.05, 0.1) is 16.9 Å². The van der Waals surface area contributed by atoms with Gasteiger partial charge in [0, 0.05) is 55.7 Å². The van der Waals surface area contributed by atoms with Crippen molar-refractivity contribution in [3.05, 3.63) is 149 Å². The molecule has 328 valence electrons. The lowest BCUT2D eigenvalue weighted by atomic mass is 9.33. The second-order valence-corrected chi connectivity index (χ2v) is 24.6. The largest absolute Gasteiger partial charge is 0.335 e. The summed E-state index contributed by atoms with van der Waals surface area (Å²) in [5.74, 6) is 0. The highest BCUT2D eigenvalue weighted by molar-refractivity contribution is 7.00. The van der Waals surface area contributed by atoms with Gasteiger partial charge in [-0.1, -0.05) is 169 Å². The van der Waals surface area contributed by atoms with Gasteiger partial charge < -0.3 is 14.4 Å². The Balaban J connectivity index is 1.24. The van der Waals surface area contributed by atoms with Crippen molar-refractivity contribution in [3.8, 4) is 16.9 Å². The predicted octanol–water partition coefficient (Wildman–Crippen LogP) is 14.2. The fourth-order valence-electron chi connectivity index (χ4n) is 13.5. The van der Waals surface area contributed by atoms with E-state index in [0.717, 1.165) is 0 Å². The number of rotatable bonds is 3. The van der Waals surface area contributed by atoms with Crippen molar-refractivity contribution in [1.82, 2.24) is 4.57 Å². The van der Waals surface area contributed by atoms with E-state index in [9.17, 15) is 0 Å². The van der Waals surface area contributed by atoms with Crippen LogP contribution in [0.3, 0.4) is 0 Å². The van der Waals surface area contributed by atoms with Gasteiger partial charge in [0.2, 0.25) is 0 Å². The molecule has 0 N–H and O–H groups in total. The molecular weight excluding hydrogens is 786 g/mol. The quantitative estimate of drug-likeness (QED) is 0.164. The Morgan fingerprint density at radius 1 is 0.554 bits per heavy atom. The molecule has 1 saturated carbocycles. The summed E-state index contributed by atoms with van der Waals surface area (Å²) in [6, 6.07) is 46.0. The van der Waals surface area contributed by atoms with Crippen molar-refractivity contribution in [2.75, 3.05) is 9.80 Å². The number of para-hydroxylation sites is 1. The van der Waals surface area contributed by atoms with Crippen LogP contribution >= 0.6 is 0 Å². The van der Waals surface area contributed by atoms with Crippen LogP contribution in [0.1, 0.15) is 149 Å². The second kappa shape index (κ2) is 12.9. The molecule has 0 spiro atoms. The molecular formula is C61H66BN3. The number of hydrogen-bond donors (Lipinski definition) is 0. The maximum absolute atomic E-state index is 2.90. The SMILES string of the molecule is CC(C)(C)c1ccc(N(c2ccc(C(C)(C)C)cc2)c2cc3c4c(c2)-n2c5c(c6cc(C(C)(C)C)cc(c62)B4c2cccc4c2N3C2(C)CCCCC42C)C(C)(C)c2ccccc2-5)cc1. The minimum atomic E-state index is -0.167. The molecule has 65 heavy (non-hydrogen) atoms. The minimum absolute atomic E-state index is 0.0248. The lowest BCUT2D eigenvalue weighted by molar-refractivity contribution is 0.195. The third-order valence-electron chi connectivity index (χ3n) is 17.4.